The van der Waals surface area contributed by atoms with Crippen LogP contribution in [-0.2, 0) is 16.1 Å². The smallest absolute Gasteiger partial charge is 0.369 e. The number of pyridine rings is 1. The number of benzene rings is 1. The number of carbonyl (C=O) groups excluding carboxylic acids is 2. The largest absolute Gasteiger partial charge is 0.494 e. The zero-order valence-electron chi connectivity index (χ0n) is 19.3. The Morgan fingerprint density at radius 1 is 1.19 bits per heavy atom. The zero-order chi connectivity index (χ0) is 25.9. The fourth-order valence-electron chi connectivity index (χ4n) is 3.32. The molecule has 0 bridgehead atoms. The van der Waals surface area contributed by atoms with Gasteiger partial charge in [-0.05, 0) is 25.0 Å². The fourth-order valence-corrected chi connectivity index (χ4v) is 3.32. The lowest BCUT2D eigenvalue weighted by Crippen LogP contribution is -2.48. The highest BCUT2D eigenvalue weighted by molar-refractivity contribution is 6.02. The van der Waals surface area contributed by atoms with Crippen molar-refractivity contribution < 1.29 is 38.9 Å². The first-order valence-corrected chi connectivity index (χ1v) is 10.7. The summed E-state index contributed by atoms with van der Waals surface area (Å²) >= 11 is 0. The number of hydrogen-bond donors (Lipinski definition) is 6. The lowest BCUT2D eigenvalue weighted by Gasteiger charge is -2.19. The Hall–Kier alpha value is -4.11. The number of aromatic nitrogens is 3. The van der Waals surface area contributed by atoms with Crippen molar-refractivity contribution in [2.24, 2.45) is 5.92 Å². The molecule has 1 aromatic carbocycles. The number of hydrogen-bond acceptors (Lipinski definition) is 12. The van der Waals surface area contributed by atoms with E-state index in [2.05, 4.69) is 25.8 Å². The molecule has 6 N–H and O–H groups in total. The van der Waals surface area contributed by atoms with Crippen LogP contribution in [0.5, 0.6) is 5.75 Å². The van der Waals surface area contributed by atoms with Crippen molar-refractivity contribution in [1.29, 1.82) is 0 Å². The van der Waals surface area contributed by atoms with Crippen LogP contribution in [-0.4, -0.2) is 62.6 Å². The number of nitrogens with one attached hydrogen (secondary N) is 3. The zero-order valence-corrected chi connectivity index (χ0v) is 19.3. The van der Waals surface area contributed by atoms with Gasteiger partial charge in [0.05, 0.1) is 29.6 Å². The van der Waals surface area contributed by atoms with Crippen LogP contribution in [0, 0.1) is 5.92 Å². The maximum absolute atomic E-state index is 12.6. The summed E-state index contributed by atoms with van der Waals surface area (Å²) in [5.74, 6) is -0.388. The summed E-state index contributed by atoms with van der Waals surface area (Å²) in [6, 6.07) is 6.42. The number of nitrogens with zero attached hydrogens (tertiary/aromatic N) is 3. The van der Waals surface area contributed by atoms with Crippen molar-refractivity contribution in [3.05, 3.63) is 41.9 Å². The van der Waals surface area contributed by atoms with Gasteiger partial charge in [-0.1, -0.05) is 11.2 Å². The second-order valence-corrected chi connectivity index (χ2v) is 7.92. The number of methoxy groups -OCH3 is 2. The van der Waals surface area contributed by atoms with E-state index >= 15 is 0 Å². The molecule has 0 aliphatic heterocycles. The van der Waals surface area contributed by atoms with Gasteiger partial charge in [-0.25, -0.2) is 4.98 Å². The summed E-state index contributed by atoms with van der Waals surface area (Å²) in [5, 5.41) is 38.8. The van der Waals surface area contributed by atoms with E-state index in [0.29, 0.717) is 17.0 Å². The van der Waals surface area contributed by atoms with Gasteiger partial charge in [0.1, 0.15) is 12.4 Å². The van der Waals surface area contributed by atoms with Crippen LogP contribution in [0.3, 0.4) is 0 Å². The van der Waals surface area contributed by atoms with E-state index in [9.17, 15) is 24.9 Å². The standard InChI is InChI=1S/C22H24N6O8/c1-34-10-17-26-19(28-36-17)12-4-3-5-14(18(12)35-2)24-15-8-16(25-20(29)11-6-7-11)23-9-13(15)21(30)27-22(31,32)33/h3-5,8-9,11,31-33H,6-7,10H2,1-2H3,(H,27,30)(H2,23,24,25,29). The summed E-state index contributed by atoms with van der Waals surface area (Å²) in [6.07, 6.45) is -0.772. The Morgan fingerprint density at radius 3 is 2.64 bits per heavy atom. The van der Waals surface area contributed by atoms with E-state index in [1.807, 2.05) is 0 Å². The predicted molar refractivity (Wildman–Crippen MR) is 123 cm³/mol. The van der Waals surface area contributed by atoms with Gasteiger partial charge in [0, 0.05) is 25.3 Å². The number of rotatable bonds is 10. The van der Waals surface area contributed by atoms with E-state index < -0.39 is 12.0 Å². The lowest BCUT2D eigenvalue weighted by atomic mass is 10.1. The molecule has 1 saturated carbocycles. The summed E-state index contributed by atoms with van der Waals surface area (Å²) in [5.41, 5.74) is 0.781. The average molecular weight is 500 g/mol. The van der Waals surface area contributed by atoms with E-state index in [-0.39, 0.29) is 47.2 Å². The maximum atomic E-state index is 12.6. The molecule has 2 amide bonds. The van der Waals surface area contributed by atoms with Crippen LogP contribution >= 0.6 is 0 Å². The van der Waals surface area contributed by atoms with E-state index in [0.717, 1.165) is 19.0 Å². The van der Waals surface area contributed by atoms with Crippen molar-refractivity contribution in [2.45, 2.75) is 25.5 Å². The number of para-hydroxylation sites is 1. The molecule has 14 nitrogen and oxygen atoms in total. The molecule has 3 aromatic rings. The first-order chi connectivity index (χ1) is 17.2. The predicted octanol–water partition coefficient (Wildman–Crippen LogP) is 0.697. The van der Waals surface area contributed by atoms with Crippen molar-refractivity contribution >= 4 is 29.0 Å². The van der Waals surface area contributed by atoms with Gasteiger partial charge in [-0.2, -0.15) is 4.98 Å². The quantitative estimate of drug-likeness (QED) is 0.213. The fraction of sp³-hybridized carbons (Fsp3) is 0.318. The highest BCUT2D eigenvalue weighted by atomic mass is 16.7. The summed E-state index contributed by atoms with van der Waals surface area (Å²) in [7, 11) is 2.92. The highest BCUT2D eigenvalue weighted by Gasteiger charge is 2.30. The molecular weight excluding hydrogens is 476 g/mol. The molecule has 2 aromatic heterocycles. The molecule has 0 radical (unpaired) electrons. The highest BCUT2D eigenvalue weighted by Crippen LogP contribution is 2.38. The molecule has 0 saturated heterocycles. The van der Waals surface area contributed by atoms with Gasteiger partial charge in [0.15, 0.2) is 5.75 Å². The molecule has 1 fully saturated rings. The molecule has 36 heavy (non-hydrogen) atoms. The Kier molecular flexibility index (Phi) is 7.12. The van der Waals surface area contributed by atoms with E-state index in [1.165, 1.54) is 20.3 Å². The summed E-state index contributed by atoms with van der Waals surface area (Å²) in [4.78, 5) is 33.1. The second-order valence-electron chi connectivity index (χ2n) is 7.92. The van der Waals surface area contributed by atoms with Gasteiger partial charge >= 0.3 is 6.10 Å². The third-order valence-corrected chi connectivity index (χ3v) is 5.09. The van der Waals surface area contributed by atoms with Crippen LogP contribution in [0.1, 0.15) is 29.1 Å². The molecule has 0 unspecified atom stereocenters. The average Bonchev–Trinajstić information content (AvgIpc) is 3.57. The molecule has 190 valence electrons. The van der Waals surface area contributed by atoms with Crippen LogP contribution < -0.4 is 20.7 Å². The van der Waals surface area contributed by atoms with Gasteiger partial charge in [-0.3, -0.25) is 14.9 Å². The topological polar surface area (TPSA) is 201 Å². The third-order valence-electron chi connectivity index (χ3n) is 5.09. The van der Waals surface area contributed by atoms with Crippen molar-refractivity contribution in [3.8, 4) is 17.1 Å². The molecule has 1 aliphatic carbocycles. The molecule has 0 atom stereocenters. The van der Waals surface area contributed by atoms with Crippen LogP contribution in [0.2, 0.25) is 0 Å². The monoisotopic (exact) mass is 500 g/mol. The number of carbonyl (C=O) groups is 2. The lowest BCUT2D eigenvalue weighted by molar-refractivity contribution is -0.323. The van der Waals surface area contributed by atoms with Crippen molar-refractivity contribution in [2.75, 3.05) is 24.9 Å². The molecule has 4 rings (SSSR count). The molecule has 1 aliphatic rings. The number of aliphatic hydroxyl groups is 3. The second kappa shape index (κ2) is 10.2. The van der Waals surface area contributed by atoms with Gasteiger partial charge in [0.25, 0.3) is 11.8 Å². The molecule has 2 heterocycles. The first kappa shape index (κ1) is 25.0. The van der Waals surface area contributed by atoms with Crippen LogP contribution in [0.4, 0.5) is 17.2 Å². The molecular formula is C22H24N6O8. The first-order valence-electron chi connectivity index (χ1n) is 10.7. The minimum atomic E-state index is -3.46. The third kappa shape index (κ3) is 5.92. The molecule has 14 heteroatoms. The van der Waals surface area contributed by atoms with Crippen molar-refractivity contribution in [1.82, 2.24) is 20.4 Å². The van der Waals surface area contributed by atoms with Gasteiger partial charge < -0.3 is 39.9 Å². The number of amides is 2. The maximum Gasteiger partial charge on any atom is 0.369 e. The summed E-state index contributed by atoms with van der Waals surface area (Å²) < 4.78 is 15.7. The number of anilines is 3. The SMILES string of the molecule is COCc1nc(-c2cccc(Nc3cc(NC(=O)C4CC4)ncc3C(=O)NC(O)(O)O)c2OC)no1. The van der Waals surface area contributed by atoms with Crippen LogP contribution in [0.15, 0.2) is 35.0 Å². The minimum absolute atomic E-state index is 0.0836. The Morgan fingerprint density at radius 2 is 1.97 bits per heavy atom. The Bertz CT molecular complexity index is 1270. The summed E-state index contributed by atoms with van der Waals surface area (Å²) in [6.45, 7) is 0.125. The van der Waals surface area contributed by atoms with E-state index in [1.54, 1.807) is 23.5 Å². The Balaban J connectivity index is 1.70. The van der Waals surface area contributed by atoms with Gasteiger partial charge in [-0.15, -0.1) is 0 Å². The minimum Gasteiger partial charge on any atom is -0.494 e. The van der Waals surface area contributed by atoms with E-state index in [4.69, 9.17) is 14.0 Å². The van der Waals surface area contributed by atoms with Gasteiger partial charge in [0.2, 0.25) is 11.7 Å². The number of ether oxygens (including phenoxy) is 2. The Labute approximate surface area is 204 Å². The van der Waals surface area contributed by atoms with Crippen LogP contribution in [0.25, 0.3) is 11.4 Å². The van der Waals surface area contributed by atoms with Crippen molar-refractivity contribution in [3.63, 3.8) is 0 Å². The normalized spacial score (nSPS) is 13.2. The molecule has 0 spiro atoms.